The van der Waals surface area contributed by atoms with Crippen molar-refractivity contribution in [3.05, 3.63) is 71.9 Å². The molecule has 3 heterocycles. The molecule has 2 aromatic carbocycles. The van der Waals surface area contributed by atoms with E-state index in [2.05, 4.69) is 62.6 Å². The Balaban J connectivity index is 1.45. The number of likely N-dealkylation sites (N-methyl/N-ethyl adjacent to an activating group) is 1. The second-order valence-electron chi connectivity index (χ2n) is 8.73. The molecule has 0 aliphatic carbocycles. The van der Waals surface area contributed by atoms with Crippen molar-refractivity contribution in [2.24, 2.45) is 0 Å². The lowest BCUT2D eigenvalue weighted by molar-refractivity contribution is 0.0966. The van der Waals surface area contributed by atoms with Crippen LogP contribution in [0.1, 0.15) is 21.5 Å². The number of pyridine rings is 1. The minimum atomic E-state index is -0.0710. The van der Waals surface area contributed by atoms with Crippen molar-refractivity contribution in [1.29, 1.82) is 0 Å². The highest BCUT2D eigenvalue weighted by molar-refractivity contribution is 6.06. The molecule has 7 nitrogen and oxygen atoms in total. The van der Waals surface area contributed by atoms with E-state index in [0.717, 1.165) is 71.3 Å². The molecule has 1 saturated heterocycles. The summed E-state index contributed by atoms with van der Waals surface area (Å²) in [7, 11) is 4.05. The van der Waals surface area contributed by atoms with E-state index in [1.54, 1.807) is 0 Å². The molecule has 3 aromatic rings. The molecule has 34 heavy (non-hydrogen) atoms. The van der Waals surface area contributed by atoms with Crippen LogP contribution in [-0.4, -0.2) is 56.1 Å². The van der Waals surface area contributed by atoms with E-state index >= 15 is 0 Å². The lowest BCUT2D eigenvalue weighted by atomic mass is 9.91. The van der Waals surface area contributed by atoms with Crippen LogP contribution in [0.4, 0.5) is 22.9 Å². The topological polar surface area (TPSA) is 72.5 Å². The molecule has 7 heteroatoms. The van der Waals surface area contributed by atoms with Crippen molar-refractivity contribution in [2.45, 2.75) is 6.54 Å². The number of aromatic nitrogens is 1. The number of carbonyl (C=O) groups excluding carboxylic acids is 1. The Kier molecular flexibility index (Phi) is 5.94. The van der Waals surface area contributed by atoms with Gasteiger partial charge in [-0.05, 0) is 48.0 Å². The van der Waals surface area contributed by atoms with Gasteiger partial charge in [-0.1, -0.05) is 30.9 Å². The highest BCUT2D eigenvalue weighted by atomic mass is 16.1. The first kappa shape index (κ1) is 22.0. The van der Waals surface area contributed by atoms with Crippen LogP contribution < -0.4 is 20.9 Å². The molecule has 1 amide bonds. The number of amides is 1. The van der Waals surface area contributed by atoms with Crippen LogP contribution in [0.2, 0.25) is 0 Å². The zero-order valence-electron chi connectivity index (χ0n) is 19.7. The molecule has 3 N–H and O–H groups in total. The first-order valence-electron chi connectivity index (χ1n) is 11.6. The van der Waals surface area contributed by atoms with Crippen LogP contribution in [0, 0.1) is 0 Å². The van der Waals surface area contributed by atoms with Gasteiger partial charge in [0.15, 0.2) is 0 Å². The summed E-state index contributed by atoms with van der Waals surface area (Å²) in [5, 5.41) is 9.59. The normalized spacial score (nSPS) is 15.6. The first-order chi connectivity index (χ1) is 16.6. The van der Waals surface area contributed by atoms with Gasteiger partial charge in [0.2, 0.25) is 0 Å². The molecular formula is C27H30N6O. The minimum Gasteiger partial charge on any atom is -0.388 e. The van der Waals surface area contributed by atoms with Crippen LogP contribution in [0.3, 0.4) is 0 Å². The third kappa shape index (κ3) is 3.99. The molecule has 174 valence electrons. The minimum absolute atomic E-state index is 0.0710. The van der Waals surface area contributed by atoms with Gasteiger partial charge in [0.25, 0.3) is 5.91 Å². The average molecular weight is 455 g/mol. The van der Waals surface area contributed by atoms with E-state index < -0.39 is 0 Å². The third-order valence-corrected chi connectivity index (χ3v) is 6.71. The van der Waals surface area contributed by atoms with Crippen LogP contribution in [0.5, 0.6) is 0 Å². The van der Waals surface area contributed by atoms with Gasteiger partial charge in [-0.3, -0.25) is 4.79 Å². The number of rotatable bonds is 6. The summed E-state index contributed by atoms with van der Waals surface area (Å²) in [5.41, 5.74) is 7.66. The summed E-state index contributed by atoms with van der Waals surface area (Å²) in [6.07, 6.45) is 3.76. The fourth-order valence-corrected chi connectivity index (χ4v) is 4.79. The van der Waals surface area contributed by atoms with Gasteiger partial charge in [-0.25, -0.2) is 4.98 Å². The Labute approximate surface area is 200 Å². The Morgan fingerprint density at radius 1 is 1.03 bits per heavy atom. The summed E-state index contributed by atoms with van der Waals surface area (Å²) in [5.74, 6) is 0.648. The number of hydrogen-bond donors (Lipinski definition) is 3. The maximum absolute atomic E-state index is 12.8. The van der Waals surface area contributed by atoms with E-state index in [0.29, 0.717) is 12.1 Å². The molecular weight excluding hydrogens is 424 g/mol. The zero-order valence-corrected chi connectivity index (χ0v) is 19.7. The Bertz CT molecular complexity index is 1230. The SMILES string of the molecule is C=Cc1c(NC)cccc1-c1ccc(Nc2ccc(N3CCN(C)CC3)cn2)c2c1CNC2=O. The Morgan fingerprint density at radius 3 is 2.56 bits per heavy atom. The highest BCUT2D eigenvalue weighted by Gasteiger charge is 2.27. The number of piperazine rings is 1. The van der Waals surface area contributed by atoms with E-state index in [4.69, 9.17) is 0 Å². The second kappa shape index (κ2) is 9.19. The summed E-state index contributed by atoms with van der Waals surface area (Å²) in [4.78, 5) is 22.1. The second-order valence-corrected chi connectivity index (χ2v) is 8.73. The number of benzene rings is 2. The van der Waals surface area contributed by atoms with Crippen LogP contribution in [0.25, 0.3) is 17.2 Å². The van der Waals surface area contributed by atoms with Gasteiger partial charge in [-0.2, -0.15) is 0 Å². The Morgan fingerprint density at radius 2 is 1.85 bits per heavy atom. The number of fused-ring (bicyclic) bond motifs is 1. The predicted octanol–water partition coefficient (Wildman–Crippen LogP) is 4.17. The third-order valence-electron chi connectivity index (χ3n) is 6.71. The van der Waals surface area contributed by atoms with Crippen molar-refractivity contribution in [2.75, 3.05) is 55.8 Å². The quantitative estimate of drug-likeness (QED) is 0.519. The maximum Gasteiger partial charge on any atom is 0.254 e. The van der Waals surface area contributed by atoms with Crippen LogP contribution in [-0.2, 0) is 6.54 Å². The van der Waals surface area contributed by atoms with E-state index in [9.17, 15) is 4.79 Å². The molecule has 0 unspecified atom stereocenters. The first-order valence-corrected chi connectivity index (χ1v) is 11.6. The van der Waals surface area contributed by atoms with Crippen LogP contribution >= 0.6 is 0 Å². The number of nitrogens with zero attached hydrogens (tertiary/aromatic N) is 3. The van der Waals surface area contributed by atoms with E-state index in [1.165, 1.54) is 0 Å². The molecule has 0 saturated carbocycles. The predicted molar refractivity (Wildman–Crippen MR) is 140 cm³/mol. The highest BCUT2D eigenvalue weighted by Crippen LogP contribution is 2.38. The zero-order chi connectivity index (χ0) is 23.7. The summed E-state index contributed by atoms with van der Waals surface area (Å²) >= 11 is 0. The molecule has 2 aliphatic rings. The summed E-state index contributed by atoms with van der Waals surface area (Å²) in [6.45, 7) is 8.61. The molecule has 1 fully saturated rings. The fraction of sp³-hybridized carbons (Fsp3) is 0.259. The van der Waals surface area contributed by atoms with Gasteiger partial charge in [-0.15, -0.1) is 0 Å². The lowest BCUT2D eigenvalue weighted by Gasteiger charge is -2.33. The number of hydrogen-bond acceptors (Lipinski definition) is 6. The molecule has 0 spiro atoms. The van der Waals surface area contributed by atoms with Crippen molar-refractivity contribution < 1.29 is 4.79 Å². The van der Waals surface area contributed by atoms with Gasteiger partial charge in [0.1, 0.15) is 5.82 Å². The standard InChI is InChI=1S/C27H30N6O/c1-4-19-20(6-5-7-23(19)28-2)21-9-10-24(26-22(21)17-30-27(26)34)31-25-11-8-18(16-29-25)33-14-12-32(3)13-15-33/h4-11,16,28H,1,12-15,17H2,2-3H3,(H,29,31)(H,30,34). The summed E-state index contributed by atoms with van der Waals surface area (Å²) in [6, 6.07) is 14.2. The maximum atomic E-state index is 12.8. The van der Waals surface area contributed by atoms with E-state index in [1.807, 2.05) is 43.6 Å². The molecule has 5 rings (SSSR count). The van der Waals surface area contributed by atoms with Gasteiger partial charge in [0, 0.05) is 51.0 Å². The Hall–Kier alpha value is -3.84. The number of carbonyl (C=O) groups is 1. The van der Waals surface area contributed by atoms with Crippen molar-refractivity contribution >= 4 is 34.9 Å². The van der Waals surface area contributed by atoms with Crippen molar-refractivity contribution in [3.8, 4) is 11.1 Å². The van der Waals surface area contributed by atoms with Gasteiger partial charge >= 0.3 is 0 Å². The monoisotopic (exact) mass is 454 g/mol. The number of anilines is 4. The largest absolute Gasteiger partial charge is 0.388 e. The van der Waals surface area contributed by atoms with Crippen molar-refractivity contribution in [3.63, 3.8) is 0 Å². The smallest absolute Gasteiger partial charge is 0.254 e. The lowest BCUT2D eigenvalue weighted by Crippen LogP contribution is -2.44. The van der Waals surface area contributed by atoms with Gasteiger partial charge in [0.05, 0.1) is 23.1 Å². The number of nitrogens with one attached hydrogen (secondary N) is 3. The fourth-order valence-electron chi connectivity index (χ4n) is 4.79. The molecule has 0 radical (unpaired) electrons. The molecule has 2 aliphatic heterocycles. The molecule has 0 atom stereocenters. The average Bonchev–Trinajstić information content (AvgIpc) is 3.26. The van der Waals surface area contributed by atoms with Crippen molar-refractivity contribution in [1.82, 2.24) is 15.2 Å². The van der Waals surface area contributed by atoms with E-state index in [-0.39, 0.29) is 5.91 Å². The van der Waals surface area contributed by atoms with Crippen LogP contribution in [0.15, 0.2) is 55.2 Å². The molecule has 0 bridgehead atoms. The van der Waals surface area contributed by atoms with Gasteiger partial charge < -0.3 is 25.8 Å². The molecule has 1 aromatic heterocycles. The summed E-state index contributed by atoms with van der Waals surface area (Å²) < 4.78 is 0.